The predicted octanol–water partition coefficient (Wildman–Crippen LogP) is 2.09. The average Bonchev–Trinajstić information content (AvgIpc) is 2.97. The molecule has 21 heavy (non-hydrogen) atoms. The molecule has 0 saturated heterocycles. The van der Waals surface area contributed by atoms with E-state index in [0.717, 1.165) is 16.9 Å². The molecule has 0 saturated carbocycles. The average molecular weight is 307 g/mol. The number of nitrogens with two attached hydrogens (primary N) is 1. The molecule has 3 aliphatic rings. The van der Waals surface area contributed by atoms with Crippen LogP contribution in [-0.4, -0.2) is 23.6 Å². The highest BCUT2D eigenvalue weighted by Gasteiger charge is 2.36. The fraction of sp³-hybridized carbons (Fsp3) is 0.375. The third-order valence-corrected chi connectivity index (χ3v) is 4.43. The Morgan fingerprint density at radius 1 is 1.48 bits per heavy atom. The number of hydrogen-bond donors (Lipinski definition) is 2. The molecule has 3 atom stereocenters. The topological polar surface area (TPSA) is 52.2 Å². The second-order valence-corrected chi connectivity index (χ2v) is 6.20. The van der Waals surface area contributed by atoms with Gasteiger partial charge in [-0.3, -0.25) is 5.73 Å². The molecule has 5 heteroatoms. The lowest BCUT2D eigenvalue weighted by atomic mass is 9.87. The van der Waals surface area contributed by atoms with Gasteiger partial charge in [0.2, 0.25) is 5.71 Å². The van der Waals surface area contributed by atoms with Crippen molar-refractivity contribution in [1.29, 1.82) is 0 Å². The summed E-state index contributed by atoms with van der Waals surface area (Å²) in [7, 11) is 0. The van der Waals surface area contributed by atoms with Gasteiger partial charge in [0.15, 0.2) is 0 Å². The van der Waals surface area contributed by atoms with E-state index in [9.17, 15) is 4.39 Å². The zero-order chi connectivity index (χ0) is 15.1. The summed E-state index contributed by atoms with van der Waals surface area (Å²) < 4.78 is 17.8. The van der Waals surface area contributed by atoms with Crippen molar-refractivity contribution in [2.24, 2.45) is 11.7 Å². The Morgan fingerprint density at radius 2 is 2.24 bits per heavy atom. The number of nitrogens with one attached hydrogen (secondary N) is 1. The number of allylic oxidation sites excluding steroid dienone is 4. The molecule has 2 heterocycles. The van der Waals surface area contributed by atoms with E-state index in [1.165, 1.54) is 6.08 Å². The summed E-state index contributed by atoms with van der Waals surface area (Å²) in [5.74, 6) is 0.342. The summed E-state index contributed by atoms with van der Waals surface area (Å²) in [6, 6.07) is 0.318. The van der Waals surface area contributed by atoms with Crippen LogP contribution < -0.4 is 15.7 Å². The van der Waals surface area contributed by atoms with Crippen molar-refractivity contribution in [3.05, 3.63) is 46.3 Å². The maximum absolute atomic E-state index is 13.4. The first-order chi connectivity index (χ1) is 9.95. The highest BCUT2D eigenvalue weighted by Crippen LogP contribution is 2.33. The van der Waals surface area contributed by atoms with E-state index in [1.807, 2.05) is 19.1 Å². The van der Waals surface area contributed by atoms with Gasteiger partial charge in [0.05, 0.1) is 10.6 Å². The number of rotatable bonds is 2. The molecular weight excluding hydrogens is 289 g/mol. The monoisotopic (exact) mass is 306 g/mol. The highest BCUT2D eigenvalue weighted by molar-refractivity contribution is 6.30. The number of halogens is 2. The maximum Gasteiger partial charge on any atom is 0.369 e. The van der Waals surface area contributed by atoms with Crippen LogP contribution in [0.25, 0.3) is 0 Å². The van der Waals surface area contributed by atoms with E-state index in [4.69, 9.17) is 17.3 Å². The van der Waals surface area contributed by atoms with Gasteiger partial charge in [-0.15, -0.1) is 0 Å². The van der Waals surface area contributed by atoms with Gasteiger partial charge in [-0.1, -0.05) is 23.8 Å². The minimum absolute atomic E-state index is 0.0757. The van der Waals surface area contributed by atoms with Gasteiger partial charge in [-0.25, -0.2) is 9.06 Å². The largest absolute Gasteiger partial charge is 0.369 e. The molecule has 0 aromatic carbocycles. The van der Waals surface area contributed by atoms with Crippen molar-refractivity contribution in [2.75, 3.05) is 0 Å². The Kier molecular flexibility index (Phi) is 3.62. The van der Waals surface area contributed by atoms with Crippen LogP contribution in [0.1, 0.15) is 20.3 Å². The van der Waals surface area contributed by atoms with Crippen LogP contribution in [-0.2, 0) is 0 Å². The summed E-state index contributed by atoms with van der Waals surface area (Å²) in [6.45, 7) is 4.03. The fourth-order valence-electron chi connectivity index (χ4n) is 2.97. The highest BCUT2D eigenvalue weighted by atomic mass is 35.5. The summed E-state index contributed by atoms with van der Waals surface area (Å²) in [5.41, 5.74) is 8.84. The summed E-state index contributed by atoms with van der Waals surface area (Å²) >= 11 is 5.97. The molecule has 0 spiro atoms. The van der Waals surface area contributed by atoms with Crippen LogP contribution in [0.15, 0.2) is 46.3 Å². The van der Waals surface area contributed by atoms with Gasteiger partial charge in [0, 0.05) is 29.7 Å². The summed E-state index contributed by atoms with van der Waals surface area (Å²) in [4.78, 5) is 0. The van der Waals surface area contributed by atoms with Crippen LogP contribution in [0.4, 0.5) is 4.39 Å². The quantitative estimate of drug-likeness (QED) is 0.768. The molecule has 0 aromatic heterocycles. The second-order valence-electron chi connectivity index (χ2n) is 5.74. The van der Waals surface area contributed by atoms with Crippen LogP contribution in [0.2, 0.25) is 0 Å². The van der Waals surface area contributed by atoms with Crippen molar-refractivity contribution in [3.8, 4) is 0 Å². The number of hydrogen-bond acceptors (Lipinski definition) is 2. The third kappa shape index (κ3) is 2.62. The van der Waals surface area contributed by atoms with Crippen LogP contribution in [0.3, 0.4) is 0 Å². The van der Waals surface area contributed by atoms with E-state index in [2.05, 4.69) is 23.0 Å². The molecular formula is C16H18ClFN3+. The second kappa shape index (κ2) is 5.30. The normalized spacial score (nSPS) is 32.1. The van der Waals surface area contributed by atoms with Crippen LogP contribution in [0.5, 0.6) is 0 Å². The molecule has 3 nitrogen and oxygen atoms in total. The molecule has 1 aliphatic carbocycles. The number of amidine groups is 1. The van der Waals surface area contributed by atoms with Gasteiger partial charge in [0.1, 0.15) is 5.83 Å². The lowest BCUT2D eigenvalue weighted by Crippen LogP contribution is -2.38. The lowest BCUT2D eigenvalue weighted by Gasteiger charge is -2.25. The fourth-order valence-corrected chi connectivity index (χ4v) is 3.21. The van der Waals surface area contributed by atoms with Crippen LogP contribution in [0, 0.1) is 5.92 Å². The lowest BCUT2D eigenvalue weighted by molar-refractivity contribution is 0.461. The van der Waals surface area contributed by atoms with E-state index >= 15 is 0 Å². The Labute approximate surface area is 128 Å². The Balaban J connectivity index is 1.90. The zero-order valence-electron chi connectivity index (χ0n) is 12.0. The molecule has 3 N–H and O–H groups in total. The smallest absolute Gasteiger partial charge is 0.303 e. The SMILES string of the molecule is CC1=CC(C2=CC(C)NC2C2C=CC(F)=C(Cl)C2)=[N+]=C1N. The van der Waals surface area contributed by atoms with Gasteiger partial charge in [-0.05, 0) is 26.3 Å². The molecule has 0 aromatic rings. The van der Waals surface area contributed by atoms with Crippen molar-refractivity contribution in [3.63, 3.8) is 0 Å². The molecule has 0 amide bonds. The van der Waals surface area contributed by atoms with Gasteiger partial charge < -0.3 is 5.32 Å². The molecule has 110 valence electrons. The van der Waals surface area contributed by atoms with Crippen molar-refractivity contribution in [1.82, 2.24) is 9.98 Å². The molecule has 0 fully saturated rings. The van der Waals surface area contributed by atoms with E-state index in [-0.39, 0.29) is 28.9 Å². The first-order valence-corrected chi connectivity index (χ1v) is 7.44. The predicted molar refractivity (Wildman–Crippen MR) is 85.8 cm³/mol. The van der Waals surface area contributed by atoms with E-state index in [1.54, 1.807) is 0 Å². The van der Waals surface area contributed by atoms with E-state index < -0.39 is 0 Å². The van der Waals surface area contributed by atoms with Gasteiger partial charge in [-0.2, -0.15) is 0 Å². The van der Waals surface area contributed by atoms with Gasteiger partial charge >= 0.3 is 5.84 Å². The Morgan fingerprint density at radius 3 is 2.86 bits per heavy atom. The molecule has 3 unspecified atom stereocenters. The Bertz CT molecular complexity index is 678. The summed E-state index contributed by atoms with van der Waals surface area (Å²) in [5, 5.41) is 3.79. The Hall–Kier alpha value is -1.61. The van der Waals surface area contributed by atoms with Crippen molar-refractivity contribution in [2.45, 2.75) is 32.4 Å². The molecule has 0 radical (unpaired) electrons. The molecule has 3 rings (SSSR count). The van der Waals surface area contributed by atoms with E-state index in [0.29, 0.717) is 12.3 Å². The minimum atomic E-state index is -0.337. The zero-order valence-corrected chi connectivity index (χ0v) is 12.8. The first-order valence-electron chi connectivity index (χ1n) is 7.06. The molecule has 0 bridgehead atoms. The maximum atomic E-state index is 13.4. The van der Waals surface area contributed by atoms with Crippen molar-refractivity contribution < 1.29 is 4.39 Å². The van der Waals surface area contributed by atoms with Crippen LogP contribution >= 0.6 is 11.6 Å². The number of nitrogens with zero attached hydrogens (tertiary/aromatic N) is 1. The third-order valence-electron chi connectivity index (χ3n) is 4.09. The van der Waals surface area contributed by atoms with Crippen molar-refractivity contribution >= 4 is 23.1 Å². The van der Waals surface area contributed by atoms with Gasteiger partial charge in [0.25, 0.3) is 0 Å². The first kappa shape index (κ1) is 14.3. The standard InChI is InChI=1S/C16H17ClFN3/c1-8-5-14(21-16(8)19)11-6-9(2)20-15(11)10-3-4-13(18)12(17)7-10/h3-6,9-10,15,19-20H,7H2,1-2H3/p+1. The molecule has 2 aliphatic heterocycles. The summed E-state index contributed by atoms with van der Waals surface area (Å²) in [6.07, 6.45) is 7.99. The minimum Gasteiger partial charge on any atom is -0.303 e.